The number of amides is 1. The topological polar surface area (TPSA) is 57.8 Å². The summed E-state index contributed by atoms with van der Waals surface area (Å²) in [5, 5.41) is 5.17. The van der Waals surface area contributed by atoms with Crippen molar-refractivity contribution in [1.29, 1.82) is 0 Å². The fourth-order valence-electron chi connectivity index (χ4n) is 2.58. The van der Waals surface area contributed by atoms with Crippen LogP contribution < -0.4 is 5.32 Å². The molecule has 0 saturated heterocycles. The van der Waals surface area contributed by atoms with Crippen LogP contribution in [-0.4, -0.2) is 15.9 Å². The Hall–Kier alpha value is -2.37. The number of carbonyl (C=O) groups excluding carboxylic acids is 1. The number of nitrogens with one attached hydrogen (secondary N) is 2. The number of H-pyrrole nitrogens is 1. The van der Waals surface area contributed by atoms with Crippen LogP contribution in [0.15, 0.2) is 42.5 Å². The lowest BCUT2D eigenvalue weighted by Crippen LogP contribution is -2.12. The standard InChI is InChI=1S/C17H12ClN3OS/c1-9-19-13-7-6-10(8-14(13)23-9)20-17(22)16-15(18)11-4-2-3-5-12(11)21-16/h2-8,21H,1H3,(H,20,22). The van der Waals surface area contributed by atoms with E-state index in [2.05, 4.69) is 15.3 Å². The minimum Gasteiger partial charge on any atom is -0.349 e. The number of anilines is 1. The Kier molecular flexibility index (Phi) is 3.32. The molecule has 4 aromatic rings. The summed E-state index contributed by atoms with van der Waals surface area (Å²) in [6.45, 7) is 1.97. The second kappa shape index (κ2) is 5.37. The normalized spacial score (nSPS) is 11.2. The molecule has 0 unspecified atom stereocenters. The van der Waals surface area contributed by atoms with Gasteiger partial charge in [0.25, 0.3) is 5.91 Å². The molecule has 2 N–H and O–H groups in total. The third-order valence-electron chi connectivity index (χ3n) is 3.62. The van der Waals surface area contributed by atoms with E-state index in [1.807, 2.05) is 49.4 Å². The van der Waals surface area contributed by atoms with Crippen LogP contribution in [0.5, 0.6) is 0 Å². The molecule has 0 spiro atoms. The molecular weight excluding hydrogens is 330 g/mol. The molecule has 0 saturated carbocycles. The molecule has 0 aliphatic carbocycles. The van der Waals surface area contributed by atoms with E-state index in [4.69, 9.17) is 11.6 Å². The zero-order valence-electron chi connectivity index (χ0n) is 12.2. The first kappa shape index (κ1) is 14.2. The van der Waals surface area contributed by atoms with Gasteiger partial charge in [-0.3, -0.25) is 4.79 Å². The van der Waals surface area contributed by atoms with Gasteiger partial charge in [0, 0.05) is 16.6 Å². The minimum atomic E-state index is -0.258. The van der Waals surface area contributed by atoms with Gasteiger partial charge in [-0.25, -0.2) is 4.98 Å². The van der Waals surface area contributed by atoms with E-state index in [9.17, 15) is 4.79 Å². The number of para-hydroxylation sites is 1. The number of nitrogens with zero attached hydrogens (tertiary/aromatic N) is 1. The summed E-state index contributed by atoms with van der Waals surface area (Å²) in [5.74, 6) is -0.258. The molecule has 1 amide bonds. The zero-order valence-corrected chi connectivity index (χ0v) is 13.8. The maximum Gasteiger partial charge on any atom is 0.273 e. The summed E-state index contributed by atoms with van der Waals surface area (Å²) < 4.78 is 1.04. The van der Waals surface area contributed by atoms with Crippen LogP contribution in [0.4, 0.5) is 5.69 Å². The van der Waals surface area contributed by atoms with Gasteiger partial charge < -0.3 is 10.3 Å². The number of halogens is 1. The van der Waals surface area contributed by atoms with Gasteiger partial charge in [0.2, 0.25) is 0 Å². The van der Waals surface area contributed by atoms with E-state index in [1.54, 1.807) is 11.3 Å². The molecular formula is C17H12ClN3OS. The lowest BCUT2D eigenvalue weighted by Gasteiger charge is -2.04. The number of carbonyl (C=O) groups is 1. The molecule has 4 nitrogen and oxygen atoms in total. The van der Waals surface area contributed by atoms with Gasteiger partial charge >= 0.3 is 0 Å². The lowest BCUT2D eigenvalue weighted by molar-refractivity contribution is 0.102. The minimum absolute atomic E-state index is 0.258. The third kappa shape index (κ3) is 2.48. The molecule has 23 heavy (non-hydrogen) atoms. The second-order valence-corrected chi connectivity index (χ2v) is 6.84. The van der Waals surface area contributed by atoms with Crippen molar-refractivity contribution >= 4 is 55.7 Å². The summed E-state index contributed by atoms with van der Waals surface area (Å²) in [4.78, 5) is 20.0. The summed E-state index contributed by atoms with van der Waals surface area (Å²) in [5.41, 5.74) is 2.87. The van der Waals surface area contributed by atoms with E-state index in [0.717, 1.165) is 31.8 Å². The molecule has 0 fully saturated rings. The van der Waals surface area contributed by atoms with Crippen LogP contribution in [-0.2, 0) is 0 Å². The van der Waals surface area contributed by atoms with Crippen molar-refractivity contribution in [3.8, 4) is 0 Å². The predicted octanol–water partition coefficient (Wildman–Crippen LogP) is 4.99. The Morgan fingerprint density at radius 3 is 2.91 bits per heavy atom. The van der Waals surface area contributed by atoms with Crippen molar-refractivity contribution in [3.05, 3.63) is 58.2 Å². The molecule has 2 aromatic carbocycles. The van der Waals surface area contributed by atoms with Crippen molar-refractivity contribution < 1.29 is 4.79 Å². The first-order valence-corrected chi connectivity index (χ1v) is 8.26. The highest BCUT2D eigenvalue weighted by Crippen LogP contribution is 2.29. The fourth-order valence-corrected chi connectivity index (χ4v) is 3.74. The average molecular weight is 342 g/mol. The first-order chi connectivity index (χ1) is 11.1. The fraction of sp³-hybridized carbons (Fsp3) is 0.0588. The predicted molar refractivity (Wildman–Crippen MR) is 95.6 cm³/mol. The number of hydrogen-bond donors (Lipinski definition) is 2. The highest BCUT2D eigenvalue weighted by molar-refractivity contribution is 7.18. The van der Waals surface area contributed by atoms with Crippen LogP contribution in [0, 0.1) is 6.92 Å². The lowest BCUT2D eigenvalue weighted by atomic mass is 10.2. The van der Waals surface area contributed by atoms with Crippen molar-refractivity contribution in [1.82, 2.24) is 9.97 Å². The van der Waals surface area contributed by atoms with E-state index in [-0.39, 0.29) is 5.91 Å². The summed E-state index contributed by atoms with van der Waals surface area (Å²) >= 11 is 7.92. The summed E-state index contributed by atoms with van der Waals surface area (Å²) in [7, 11) is 0. The van der Waals surface area contributed by atoms with E-state index in [1.165, 1.54) is 0 Å². The van der Waals surface area contributed by atoms with Crippen LogP contribution in [0.3, 0.4) is 0 Å². The summed E-state index contributed by atoms with van der Waals surface area (Å²) in [6.07, 6.45) is 0. The van der Waals surface area contributed by atoms with Gasteiger partial charge in [-0.1, -0.05) is 29.8 Å². The van der Waals surface area contributed by atoms with Gasteiger partial charge in [-0.05, 0) is 31.2 Å². The Labute approximate surface area is 141 Å². The number of fused-ring (bicyclic) bond motifs is 2. The Morgan fingerprint density at radius 1 is 1.26 bits per heavy atom. The van der Waals surface area contributed by atoms with Gasteiger partial charge in [-0.15, -0.1) is 11.3 Å². The Morgan fingerprint density at radius 2 is 2.09 bits per heavy atom. The van der Waals surface area contributed by atoms with Crippen LogP contribution in [0.1, 0.15) is 15.5 Å². The molecule has 0 bridgehead atoms. The molecule has 0 aliphatic heterocycles. The van der Waals surface area contributed by atoms with Crippen molar-refractivity contribution in [3.63, 3.8) is 0 Å². The largest absolute Gasteiger partial charge is 0.349 e. The number of aromatic amines is 1. The van der Waals surface area contributed by atoms with Crippen LogP contribution in [0.2, 0.25) is 5.02 Å². The average Bonchev–Trinajstić information content (AvgIpc) is 3.07. The SMILES string of the molecule is Cc1nc2ccc(NC(=O)c3[nH]c4ccccc4c3Cl)cc2s1. The van der Waals surface area contributed by atoms with Crippen molar-refractivity contribution in [2.75, 3.05) is 5.32 Å². The Balaban J connectivity index is 1.68. The maximum atomic E-state index is 12.5. The third-order valence-corrected chi connectivity index (χ3v) is 4.95. The molecule has 2 heterocycles. The van der Waals surface area contributed by atoms with E-state index >= 15 is 0 Å². The van der Waals surface area contributed by atoms with E-state index in [0.29, 0.717) is 10.7 Å². The van der Waals surface area contributed by atoms with Crippen molar-refractivity contribution in [2.45, 2.75) is 6.92 Å². The molecule has 0 aliphatic rings. The summed E-state index contributed by atoms with van der Waals surface area (Å²) in [6, 6.07) is 13.2. The van der Waals surface area contributed by atoms with Gasteiger partial charge in [0.1, 0.15) is 5.69 Å². The molecule has 6 heteroatoms. The highest BCUT2D eigenvalue weighted by atomic mass is 35.5. The number of aromatic nitrogens is 2. The van der Waals surface area contributed by atoms with Crippen molar-refractivity contribution in [2.24, 2.45) is 0 Å². The number of rotatable bonds is 2. The quantitative estimate of drug-likeness (QED) is 0.539. The molecule has 0 radical (unpaired) electrons. The number of benzene rings is 2. The van der Waals surface area contributed by atoms with Gasteiger partial charge in [-0.2, -0.15) is 0 Å². The number of hydrogen-bond acceptors (Lipinski definition) is 3. The Bertz CT molecular complexity index is 1050. The van der Waals surface area contributed by atoms with E-state index < -0.39 is 0 Å². The number of thiazole rings is 1. The molecule has 2 aromatic heterocycles. The molecule has 4 rings (SSSR count). The maximum absolute atomic E-state index is 12.5. The van der Waals surface area contributed by atoms with Gasteiger partial charge in [0.05, 0.1) is 20.2 Å². The van der Waals surface area contributed by atoms with Crippen LogP contribution in [0.25, 0.3) is 21.1 Å². The zero-order chi connectivity index (χ0) is 16.0. The van der Waals surface area contributed by atoms with Gasteiger partial charge in [0.15, 0.2) is 0 Å². The molecule has 114 valence electrons. The second-order valence-electron chi connectivity index (χ2n) is 5.23. The monoisotopic (exact) mass is 341 g/mol. The first-order valence-electron chi connectivity index (χ1n) is 7.06. The smallest absolute Gasteiger partial charge is 0.273 e. The highest BCUT2D eigenvalue weighted by Gasteiger charge is 2.16. The van der Waals surface area contributed by atoms with Crippen LogP contribution >= 0.6 is 22.9 Å². The number of aryl methyl sites for hydroxylation is 1. The molecule has 0 atom stereocenters.